The summed E-state index contributed by atoms with van der Waals surface area (Å²) in [6.07, 6.45) is 0.795. The first-order chi connectivity index (χ1) is 12.5. The summed E-state index contributed by atoms with van der Waals surface area (Å²) in [5.41, 5.74) is 0.572. The highest BCUT2D eigenvalue weighted by atomic mass is 32.1. The summed E-state index contributed by atoms with van der Waals surface area (Å²) in [5, 5.41) is 3.69. The van der Waals surface area contributed by atoms with Crippen molar-refractivity contribution in [1.29, 1.82) is 0 Å². The summed E-state index contributed by atoms with van der Waals surface area (Å²) < 4.78 is 2.47. The third-order valence-corrected chi connectivity index (χ3v) is 5.15. The minimum Gasteiger partial charge on any atom is -0.300 e. The Morgan fingerprint density at radius 3 is 2.58 bits per heavy atom. The second-order valence-electron chi connectivity index (χ2n) is 5.86. The molecule has 0 aliphatic carbocycles. The molecule has 0 radical (unpaired) electrons. The lowest BCUT2D eigenvalue weighted by Gasteiger charge is -2.12. The third kappa shape index (κ3) is 3.20. The Bertz CT molecular complexity index is 1090. The fraction of sp³-hybridized carbons (Fsp3) is 0.333. The Morgan fingerprint density at radius 1 is 1.19 bits per heavy atom. The summed E-state index contributed by atoms with van der Waals surface area (Å²) in [6, 6.07) is 6.82. The summed E-state index contributed by atoms with van der Waals surface area (Å²) in [7, 11) is 0. The van der Waals surface area contributed by atoms with Gasteiger partial charge in [0.2, 0.25) is 5.91 Å². The Balaban J connectivity index is 1.98. The predicted octanol–water partition coefficient (Wildman–Crippen LogP) is 2.15. The summed E-state index contributed by atoms with van der Waals surface area (Å²) >= 11 is 1.41. The highest BCUT2D eigenvalue weighted by Gasteiger charge is 2.15. The number of nitrogens with zero attached hydrogens (tertiary/aromatic N) is 3. The average molecular weight is 372 g/mol. The zero-order valence-corrected chi connectivity index (χ0v) is 15.7. The maximum atomic E-state index is 12.7. The topological polar surface area (TPSA) is 86.0 Å². The highest BCUT2D eigenvalue weighted by molar-refractivity contribution is 7.15. The number of benzene rings is 1. The number of nitrogens with one attached hydrogen (secondary N) is 1. The molecule has 0 spiro atoms. The van der Waals surface area contributed by atoms with E-state index in [1.165, 1.54) is 15.9 Å². The number of fused-ring (bicyclic) bond motifs is 1. The molecule has 1 N–H and O–H groups in total. The molecule has 2 aromatic heterocycles. The van der Waals surface area contributed by atoms with Crippen molar-refractivity contribution in [3.05, 3.63) is 55.7 Å². The number of anilines is 1. The molecule has 0 saturated heterocycles. The van der Waals surface area contributed by atoms with E-state index in [1.54, 1.807) is 31.2 Å². The number of aromatic nitrogens is 3. The van der Waals surface area contributed by atoms with Crippen LogP contribution in [0.2, 0.25) is 0 Å². The maximum Gasteiger partial charge on any atom is 0.331 e. The van der Waals surface area contributed by atoms with E-state index in [0.717, 1.165) is 21.6 Å². The molecule has 3 aromatic rings. The molecule has 136 valence electrons. The van der Waals surface area contributed by atoms with Gasteiger partial charge in [-0.1, -0.05) is 19.1 Å². The normalized spacial score (nSPS) is 11.0. The first-order valence-electron chi connectivity index (χ1n) is 8.44. The molecule has 0 unspecified atom stereocenters. The molecule has 2 heterocycles. The van der Waals surface area contributed by atoms with Crippen LogP contribution in [0.3, 0.4) is 0 Å². The average Bonchev–Trinajstić information content (AvgIpc) is 2.98. The van der Waals surface area contributed by atoms with Gasteiger partial charge in [0, 0.05) is 11.4 Å². The number of carbonyl (C=O) groups is 1. The lowest BCUT2D eigenvalue weighted by Crippen LogP contribution is -2.41. The van der Waals surface area contributed by atoms with Gasteiger partial charge in [0.15, 0.2) is 5.13 Å². The van der Waals surface area contributed by atoms with Crippen molar-refractivity contribution < 1.29 is 4.79 Å². The van der Waals surface area contributed by atoms with Gasteiger partial charge in [-0.25, -0.2) is 9.78 Å². The number of carbonyl (C=O) groups excluding carboxylic acids is 1. The number of aryl methyl sites for hydroxylation is 2. The molecule has 1 aromatic carbocycles. The Kier molecular flexibility index (Phi) is 5.03. The van der Waals surface area contributed by atoms with Gasteiger partial charge in [-0.3, -0.25) is 18.7 Å². The first kappa shape index (κ1) is 18.1. The number of thiazole rings is 1. The van der Waals surface area contributed by atoms with Crippen LogP contribution in [0.25, 0.3) is 10.9 Å². The van der Waals surface area contributed by atoms with Gasteiger partial charge in [0.05, 0.1) is 16.6 Å². The largest absolute Gasteiger partial charge is 0.331 e. The third-order valence-electron chi connectivity index (χ3n) is 4.22. The van der Waals surface area contributed by atoms with Crippen LogP contribution in [0, 0.1) is 6.92 Å². The van der Waals surface area contributed by atoms with E-state index in [9.17, 15) is 14.4 Å². The molecule has 0 atom stereocenters. The quantitative estimate of drug-likeness (QED) is 0.743. The lowest BCUT2D eigenvalue weighted by molar-refractivity contribution is -0.116. The second kappa shape index (κ2) is 7.25. The van der Waals surface area contributed by atoms with Crippen LogP contribution in [-0.4, -0.2) is 20.0 Å². The summed E-state index contributed by atoms with van der Waals surface area (Å²) in [6.45, 7) is 5.76. The Hall–Kier alpha value is -2.74. The van der Waals surface area contributed by atoms with Gasteiger partial charge in [-0.15, -0.1) is 11.3 Å². The highest BCUT2D eigenvalue weighted by Crippen LogP contribution is 2.22. The summed E-state index contributed by atoms with van der Waals surface area (Å²) in [4.78, 5) is 43.0. The Labute approximate surface area is 153 Å². The zero-order chi connectivity index (χ0) is 18.8. The first-order valence-corrected chi connectivity index (χ1v) is 9.26. The molecule has 0 aliphatic rings. The molecule has 1 amide bonds. The molecule has 0 bridgehead atoms. The van der Waals surface area contributed by atoms with E-state index in [2.05, 4.69) is 10.3 Å². The van der Waals surface area contributed by atoms with E-state index in [0.29, 0.717) is 16.0 Å². The van der Waals surface area contributed by atoms with Crippen LogP contribution < -0.4 is 16.6 Å². The van der Waals surface area contributed by atoms with Gasteiger partial charge in [0.1, 0.15) is 6.54 Å². The van der Waals surface area contributed by atoms with Crippen molar-refractivity contribution in [1.82, 2.24) is 14.1 Å². The summed E-state index contributed by atoms with van der Waals surface area (Å²) in [5.74, 6) is -0.352. The fourth-order valence-electron chi connectivity index (χ4n) is 2.91. The maximum absolute atomic E-state index is 12.7. The smallest absolute Gasteiger partial charge is 0.300 e. The number of rotatable bonds is 5. The molecule has 3 rings (SSSR count). The van der Waals surface area contributed by atoms with Crippen molar-refractivity contribution in [2.45, 2.75) is 40.3 Å². The molecular weight excluding hydrogens is 352 g/mol. The van der Waals surface area contributed by atoms with Crippen molar-refractivity contribution in [3.8, 4) is 0 Å². The van der Waals surface area contributed by atoms with E-state index >= 15 is 0 Å². The molecule has 26 heavy (non-hydrogen) atoms. The van der Waals surface area contributed by atoms with Gasteiger partial charge < -0.3 is 5.32 Å². The van der Waals surface area contributed by atoms with Gasteiger partial charge in [-0.05, 0) is 32.4 Å². The van der Waals surface area contributed by atoms with Crippen LogP contribution in [-0.2, 0) is 24.3 Å². The van der Waals surface area contributed by atoms with Crippen molar-refractivity contribution >= 4 is 33.3 Å². The molecule has 8 heteroatoms. The Morgan fingerprint density at radius 2 is 1.92 bits per heavy atom. The fourth-order valence-corrected chi connectivity index (χ4v) is 3.83. The van der Waals surface area contributed by atoms with E-state index in [1.807, 2.05) is 13.8 Å². The number of hydrogen-bond acceptors (Lipinski definition) is 5. The zero-order valence-electron chi connectivity index (χ0n) is 14.9. The van der Waals surface area contributed by atoms with Crippen LogP contribution in [0.1, 0.15) is 24.4 Å². The molecule has 0 saturated carbocycles. The van der Waals surface area contributed by atoms with Gasteiger partial charge in [-0.2, -0.15) is 0 Å². The number of para-hydroxylation sites is 1. The lowest BCUT2D eigenvalue weighted by atomic mass is 10.2. The molecular formula is C18H20N4O3S. The SMILES string of the molecule is CCc1nc(NC(=O)Cn2c(=O)n(CC)c(=O)c3ccccc32)sc1C. The van der Waals surface area contributed by atoms with Crippen LogP contribution in [0.15, 0.2) is 33.9 Å². The minimum atomic E-state index is -0.490. The van der Waals surface area contributed by atoms with E-state index in [-0.39, 0.29) is 24.6 Å². The van der Waals surface area contributed by atoms with Crippen molar-refractivity contribution in [3.63, 3.8) is 0 Å². The number of hydrogen-bond donors (Lipinski definition) is 1. The van der Waals surface area contributed by atoms with E-state index in [4.69, 9.17) is 0 Å². The number of amides is 1. The van der Waals surface area contributed by atoms with Gasteiger partial charge >= 0.3 is 5.69 Å². The minimum absolute atomic E-state index is 0.181. The van der Waals surface area contributed by atoms with E-state index < -0.39 is 5.69 Å². The van der Waals surface area contributed by atoms with Crippen molar-refractivity contribution in [2.24, 2.45) is 0 Å². The second-order valence-corrected chi connectivity index (χ2v) is 7.06. The molecule has 7 nitrogen and oxygen atoms in total. The van der Waals surface area contributed by atoms with Crippen LogP contribution in [0.4, 0.5) is 5.13 Å². The molecule has 0 fully saturated rings. The standard InChI is InChI=1S/C18H20N4O3S/c1-4-13-11(3)26-17(19-13)20-15(23)10-22-14-9-7-6-8-12(14)16(24)21(5-2)18(22)25/h6-9H,4-5,10H2,1-3H3,(H,19,20,23). The van der Waals surface area contributed by atoms with Crippen LogP contribution >= 0.6 is 11.3 Å². The predicted molar refractivity (Wildman–Crippen MR) is 103 cm³/mol. The monoisotopic (exact) mass is 372 g/mol. The van der Waals surface area contributed by atoms with Gasteiger partial charge in [0.25, 0.3) is 5.56 Å². The van der Waals surface area contributed by atoms with Crippen molar-refractivity contribution in [2.75, 3.05) is 5.32 Å². The molecule has 0 aliphatic heterocycles. The van der Waals surface area contributed by atoms with Crippen LogP contribution in [0.5, 0.6) is 0 Å².